The predicted molar refractivity (Wildman–Crippen MR) is 71.1 cm³/mol. The van der Waals surface area contributed by atoms with Gasteiger partial charge in [0.1, 0.15) is 12.6 Å². The number of carbonyl (C=O) groups excluding carboxylic acids is 2. The van der Waals surface area contributed by atoms with Crippen LogP contribution in [0.2, 0.25) is 0 Å². The fourth-order valence-corrected chi connectivity index (χ4v) is 2.61. The fourth-order valence-electron chi connectivity index (χ4n) is 2.61. The van der Waals surface area contributed by atoms with Gasteiger partial charge in [-0.2, -0.15) is 0 Å². The summed E-state index contributed by atoms with van der Waals surface area (Å²) in [6.07, 6.45) is 7.08. The molecule has 3 heteroatoms. The first-order chi connectivity index (χ1) is 8.63. The van der Waals surface area contributed by atoms with Crippen molar-refractivity contribution in [2.24, 2.45) is 11.8 Å². The summed E-state index contributed by atoms with van der Waals surface area (Å²) >= 11 is 0. The topological polar surface area (TPSA) is 54.4 Å². The first kappa shape index (κ1) is 14.8. The van der Waals surface area contributed by atoms with Crippen molar-refractivity contribution < 1.29 is 14.7 Å². The van der Waals surface area contributed by atoms with E-state index in [0.29, 0.717) is 5.57 Å². The third kappa shape index (κ3) is 3.64. The van der Waals surface area contributed by atoms with Gasteiger partial charge in [0.25, 0.3) is 0 Å². The number of hydrogen-bond donors (Lipinski definition) is 1. The van der Waals surface area contributed by atoms with Crippen LogP contribution in [0.3, 0.4) is 0 Å². The van der Waals surface area contributed by atoms with Crippen LogP contribution in [0.15, 0.2) is 22.8 Å². The molecule has 1 aliphatic carbocycles. The highest BCUT2D eigenvalue weighted by molar-refractivity contribution is 5.78. The quantitative estimate of drug-likeness (QED) is 0.558. The Hall–Kier alpha value is -1.22. The van der Waals surface area contributed by atoms with Gasteiger partial charge in [0.05, 0.1) is 6.61 Å². The van der Waals surface area contributed by atoms with E-state index in [-0.39, 0.29) is 18.4 Å². The molecule has 0 amide bonds. The molecule has 0 aromatic heterocycles. The molecule has 0 unspecified atom stereocenters. The van der Waals surface area contributed by atoms with Crippen LogP contribution < -0.4 is 0 Å². The second-order valence-corrected chi connectivity index (χ2v) is 5.14. The second kappa shape index (κ2) is 7.27. The Balaban J connectivity index is 2.71. The molecule has 2 atom stereocenters. The maximum absolute atomic E-state index is 11.2. The first-order valence-corrected chi connectivity index (χ1v) is 6.50. The minimum absolute atomic E-state index is 0.00714. The molecule has 18 heavy (non-hydrogen) atoms. The number of allylic oxidation sites excluding steroid dienone is 3. The Morgan fingerprint density at radius 2 is 2.17 bits per heavy atom. The lowest BCUT2D eigenvalue weighted by atomic mass is 9.84. The average Bonchev–Trinajstić information content (AvgIpc) is 2.76. The molecule has 0 aromatic carbocycles. The van der Waals surface area contributed by atoms with Crippen molar-refractivity contribution in [1.82, 2.24) is 0 Å². The standard InChI is InChI=1S/C15H22O3/c1-11(2)4-3-5-12(8-16)14-7-6-13(9-17)15(14)10-18/h4,8,10,12,14,17H,3,5-7,9H2,1-2H3/t12-,14-/m1/s1. The minimum Gasteiger partial charge on any atom is -0.392 e. The molecule has 0 aromatic rings. The fraction of sp³-hybridized carbons (Fsp3) is 0.600. The van der Waals surface area contributed by atoms with Crippen molar-refractivity contribution in [2.75, 3.05) is 6.61 Å². The van der Waals surface area contributed by atoms with Crippen LogP contribution in [0.25, 0.3) is 0 Å². The third-order valence-corrected chi connectivity index (χ3v) is 3.63. The molecule has 100 valence electrons. The van der Waals surface area contributed by atoms with Crippen molar-refractivity contribution >= 4 is 12.6 Å². The van der Waals surface area contributed by atoms with Crippen molar-refractivity contribution in [1.29, 1.82) is 0 Å². The number of aliphatic hydroxyl groups excluding tert-OH is 1. The molecule has 0 radical (unpaired) electrons. The first-order valence-electron chi connectivity index (χ1n) is 6.50. The van der Waals surface area contributed by atoms with Gasteiger partial charge in [0, 0.05) is 5.92 Å². The maximum Gasteiger partial charge on any atom is 0.146 e. The molecular weight excluding hydrogens is 228 g/mol. The van der Waals surface area contributed by atoms with Crippen molar-refractivity contribution in [2.45, 2.75) is 39.5 Å². The van der Waals surface area contributed by atoms with E-state index < -0.39 is 0 Å². The van der Waals surface area contributed by atoms with E-state index in [1.165, 1.54) is 5.57 Å². The van der Waals surface area contributed by atoms with Crippen LogP contribution in [-0.4, -0.2) is 24.3 Å². The average molecular weight is 250 g/mol. The van der Waals surface area contributed by atoms with Crippen LogP contribution >= 0.6 is 0 Å². The van der Waals surface area contributed by atoms with Crippen LogP contribution in [0, 0.1) is 11.8 Å². The van der Waals surface area contributed by atoms with Crippen LogP contribution in [0.1, 0.15) is 39.5 Å². The van der Waals surface area contributed by atoms with Gasteiger partial charge in [0.2, 0.25) is 0 Å². The van der Waals surface area contributed by atoms with Gasteiger partial charge in [-0.3, -0.25) is 4.79 Å². The summed E-state index contributed by atoms with van der Waals surface area (Å²) < 4.78 is 0. The number of hydrogen-bond acceptors (Lipinski definition) is 3. The zero-order valence-corrected chi connectivity index (χ0v) is 11.2. The molecular formula is C15H22O3. The van der Waals surface area contributed by atoms with Gasteiger partial charge < -0.3 is 9.90 Å². The lowest BCUT2D eigenvalue weighted by Gasteiger charge is -2.18. The highest BCUT2D eigenvalue weighted by Gasteiger charge is 2.30. The Morgan fingerprint density at radius 1 is 1.44 bits per heavy atom. The molecule has 3 nitrogen and oxygen atoms in total. The normalized spacial score (nSPS) is 20.7. The Labute approximate surface area is 109 Å². The van der Waals surface area contributed by atoms with E-state index >= 15 is 0 Å². The number of aldehydes is 2. The van der Waals surface area contributed by atoms with Gasteiger partial charge in [-0.05, 0) is 56.6 Å². The van der Waals surface area contributed by atoms with Gasteiger partial charge in [-0.15, -0.1) is 0 Å². The molecule has 1 aliphatic rings. The van der Waals surface area contributed by atoms with Gasteiger partial charge >= 0.3 is 0 Å². The SMILES string of the molecule is CC(C)=CCC[C@H](C=O)[C@H]1CCC(CO)=C1C=O. The van der Waals surface area contributed by atoms with Crippen LogP contribution in [-0.2, 0) is 9.59 Å². The summed E-state index contributed by atoms with van der Waals surface area (Å²) in [5, 5.41) is 9.17. The maximum atomic E-state index is 11.2. The summed E-state index contributed by atoms with van der Waals surface area (Å²) in [5.41, 5.74) is 2.71. The van der Waals surface area contributed by atoms with Crippen molar-refractivity contribution in [3.05, 3.63) is 22.8 Å². The molecule has 0 saturated heterocycles. The molecule has 0 fully saturated rings. The van der Waals surface area contributed by atoms with Gasteiger partial charge in [-0.25, -0.2) is 0 Å². The van der Waals surface area contributed by atoms with Gasteiger partial charge in [-0.1, -0.05) is 11.6 Å². The van der Waals surface area contributed by atoms with E-state index in [1.807, 2.05) is 13.8 Å². The summed E-state index contributed by atoms with van der Waals surface area (Å²) in [6.45, 7) is 4.00. The van der Waals surface area contributed by atoms with Gasteiger partial charge in [0.15, 0.2) is 0 Å². The summed E-state index contributed by atoms with van der Waals surface area (Å²) in [4.78, 5) is 22.3. The zero-order chi connectivity index (χ0) is 13.5. The molecule has 0 spiro atoms. The lowest BCUT2D eigenvalue weighted by Crippen LogP contribution is -2.17. The Kier molecular flexibility index (Phi) is 5.99. The predicted octanol–water partition coefficient (Wildman–Crippen LogP) is 2.45. The molecule has 1 N–H and O–H groups in total. The van der Waals surface area contributed by atoms with Crippen LogP contribution in [0.5, 0.6) is 0 Å². The highest BCUT2D eigenvalue weighted by Crippen LogP contribution is 2.36. The van der Waals surface area contributed by atoms with Crippen LogP contribution in [0.4, 0.5) is 0 Å². The second-order valence-electron chi connectivity index (χ2n) is 5.14. The van der Waals surface area contributed by atoms with E-state index in [0.717, 1.165) is 43.8 Å². The minimum atomic E-state index is -0.107. The monoisotopic (exact) mass is 250 g/mol. The van der Waals surface area contributed by atoms with E-state index in [9.17, 15) is 14.7 Å². The Bertz CT molecular complexity index is 362. The highest BCUT2D eigenvalue weighted by atomic mass is 16.3. The summed E-state index contributed by atoms with van der Waals surface area (Å²) in [6, 6.07) is 0. The van der Waals surface area contributed by atoms with E-state index in [2.05, 4.69) is 6.08 Å². The molecule has 1 rings (SSSR count). The third-order valence-electron chi connectivity index (χ3n) is 3.63. The largest absolute Gasteiger partial charge is 0.392 e. The van der Waals surface area contributed by atoms with E-state index in [1.54, 1.807) is 0 Å². The zero-order valence-electron chi connectivity index (χ0n) is 11.2. The Morgan fingerprint density at radius 3 is 2.67 bits per heavy atom. The number of rotatable bonds is 7. The molecule has 0 bridgehead atoms. The summed E-state index contributed by atoms with van der Waals surface area (Å²) in [5.74, 6) is -0.0995. The summed E-state index contributed by atoms with van der Waals surface area (Å²) in [7, 11) is 0. The number of carbonyl (C=O) groups is 2. The lowest BCUT2D eigenvalue weighted by molar-refractivity contribution is -0.112. The van der Waals surface area contributed by atoms with E-state index in [4.69, 9.17) is 0 Å². The number of aliphatic hydroxyl groups is 1. The van der Waals surface area contributed by atoms with Crippen molar-refractivity contribution in [3.8, 4) is 0 Å². The smallest absolute Gasteiger partial charge is 0.146 e. The molecule has 0 aliphatic heterocycles. The molecule has 0 heterocycles. The van der Waals surface area contributed by atoms with Crippen molar-refractivity contribution in [3.63, 3.8) is 0 Å². The molecule has 0 saturated carbocycles.